The number of hydrogen-bond acceptors (Lipinski definition) is 3. The molecule has 100 valence electrons. The van der Waals surface area contributed by atoms with E-state index < -0.39 is 16.6 Å². The monoisotopic (exact) mass is 272 g/mol. The van der Waals surface area contributed by atoms with Crippen LogP contribution in [0.5, 0.6) is 0 Å². The molecule has 0 bridgehead atoms. The van der Waals surface area contributed by atoms with Crippen molar-refractivity contribution in [2.75, 3.05) is 25.9 Å². The van der Waals surface area contributed by atoms with Crippen LogP contribution in [0.25, 0.3) is 0 Å². The van der Waals surface area contributed by atoms with Gasteiger partial charge in [0.2, 0.25) is 5.91 Å². The molecule has 0 spiro atoms. The first-order valence-electron chi connectivity index (χ1n) is 5.62. The maximum absolute atomic E-state index is 12.9. The van der Waals surface area contributed by atoms with Crippen LogP contribution in [0, 0.1) is 5.82 Å². The first-order chi connectivity index (χ1) is 8.54. The van der Waals surface area contributed by atoms with Gasteiger partial charge in [0.05, 0.1) is 10.8 Å². The Bertz CT molecular complexity index is 440. The van der Waals surface area contributed by atoms with Crippen molar-refractivity contribution in [1.29, 1.82) is 0 Å². The Morgan fingerprint density at radius 3 is 2.83 bits per heavy atom. The molecule has 0 fully saturated rings. The lowest BCUT2D eigenvalue weighted by atomic mass is 10.4. The number of nitrogens with zero attached hydrogens (tertiary/aromatic N) is 1. The quantitative estimate of drug-likeness (QED) is 0.831. The van der Waals surface area contributed by atoms with E-state index in [1.165, 1.54) is 23.1 Å². The van der Waals surface area contributed by atoms with Crippen LogP contribution in [0.3, 0.4) is 0 Å². The Labute approximate surface area is 108 Å². The minimum absolute atomic E-state index is 0.134. The van der Waals surface area contributed by atoms with Gasteiger partial charge in [0.15, 0.2) is 0 Å². The Balaban J connectivity index is 2.57. The molecule has 0 aliphatic carbocycles. The molecular formula is C12H17FN2O2S. The number of amides is 1. The van der Waals surface area contributed by atoms with Gasteiger partial charge in [0.25, 0.3) is 0 Å². The highest BCUT2D eigenvalue weighted by Gasteiger charge is 2.14. The fraction of sp³-hybridized carbons (Fsp3) is 0.417. The number of rotatable bonds is 6. The molecule has 0 aliphatic heterocycles. The van der Waals surface area contributed by atoms with Crippen LogP contribution >= 0.6 is 0 Å². The molecular weight excluding hydrogens is 255 g/mol. The zero-order chi connectivity index (χ0) is 13.5. The zero-order valence-corrected chi connectivity index (χ0v) is 11.1. The number of hydrogen-bond donors (Lipinski definition) is 1. The number of carbonyl (C=O) groups excluding carboxylic acids is 1. The highest BCUT2D eigenvalue weighted by Crippen LogP contribution is 2.09. The Hall–Kier alpha value is -1.27. The van der Waals surface area contributed by atoms with Gasteiger partial charge in [-0.2, -0.15) is 0 Å². The molecule has 0 radical (unpaired) electrons. The van der Waals surface area contributed by atoms with Crippen LogP contribution < -0.4 is 5.73 Å². The summed E-state index contributed by atoms with van der Waals surface area (Å²) in [6.07, 6.45) is 0.703. The van der Waals surface area contributed by atoms with Crippen molar-refractivity contribution in [2.45, 2.75) is 11.3 Å². The SMILES string of the molecule is CN(CCCN)C(=O)CS(=O)c1cccc(F)c1. The molecule has 1 aromatic carbocycles. The summed E-state index contributed by atoms with van der Waals surface area (Å²) in [5.74, 6) is -0.819. The highest BCUT2D eigenvalue weighted by atomic mass is 32.2. The second kappa shape index (κ2) is 7.23. The molecule has 6 heteroatoms. The third-order valence-electron chi connectivity index (χ3n) is 2.44. The van der Waals surface area contributed by atoms with Crippen molar-refractivity contribution < 1.29 is 13.4 Å². The molecule has 1 rings (SSSR count). The van der Waals surface area contributed by atoms with Gasteiger partial charge in [0.1, 0.15) is 11.6 Å². The molecule has 1 amide bonds. The summed E-state index contributed by atoms with van der Waals surface area (Å²) in [7, 11) is 0.127. The van der Waals surface area contributed by atoms with Crippen LogP contribution in [0.15, 0.2) is 29.2 Å². The van der Waals surface area contributed by atoms with Gasteiger partial charge in [0, 0.05) is 18.5 Å². The predicted molar refractivity (Wildman–Crippen MR) is 69.0 cm³/mol. The van der Waals surface area contributed by atoms with Crippen molar-refractivity contribution in [3.8, 4) is 0 Å². The lowest BCUT2D eigenvalue weighted by Gasteiger charge is -2.16. The van der Waals surface area contributed by atoms with Crippen LogP contribution in [0.2, 0.25) is 0 Å². The third-order valence-corrected chi connectivity index (χ3v) is 3.73. The lowest BCUT2D eigenvalue weighted by molar-refractivity contribution is -0.127. The van der Waals surface area contributed by atoms with E-state index in [0.29, 0.717) is 24.4 Å². The second-order valence-corrected chi connectivity index (χ2v) is 5.36. The maximum Gasteiger partial charge on any atom is 0.235 e. The van der Waals surface area contributed by atoms with Crippen LogP contribution in [0.4, 0.5) is 4.39 Å². The molecule has 0 aromatic heterocycles. The second-order valence-electron chi connectivity index (χ2n) is 3.90. The maximum atomic E-state index is 12.9. The van der Waals surface area contributed by atoms with Crippen molar-refractivity contribution in [3.63, 3.8) is 0 Å². The molecule has 18 heavy (non-hydrogen) atoms. The highest BCUT2D eigenvalue weighted by molar-refractivity contribution is 7.85. The Kier molecular flexibility index (Phi) is 5.94. The molecule has 1 atom stereocenters. The number of benzene rings is 1. The number of nitrogens with two attached hydrogens (primary N) is 1. The van der Waals surface area contributed by atoms with Gasteiger partial charge in [-0.1, -0.05) is 6.07 Å². The molecule has 4 nitrogen and oxygen atoms in total. The van der Waals surface area contributed by atoms with Gasteiger partial charge in [-0.3, -0.25) is 9.00 Å². The first kappa shape index (κ1) is 14.8. The number of carbonyl (C=O) groups is 1. The fourth-order valence-electron chi connectivity index (χ4n) is 1.37. The standard InChI is InChI=1S/C12H17FN2O2S/c1-15(7-3-6-14)12(16)9-18(17)11-5-2-4-10(13)8-11/h2,4-5,8H,3,6-7,9,14H2,1H3. The lowest BCUT2D eigenvalue weighted by Crippen LogP contribution is -2.32. The largest absolute Gasteiger partial charge is 0.345 e. The molecule has 1 aromatic rings. The summed E-state index contributed by atoms with van der Waals surface area (Å²) in [5.41, 5.74) is 5.35. The van der Waals surface area contributed by atoms with Crippen molar-refractivity contribution in [2.24, 2.45) is 5.73 Å². The molecule has 0 saturated heterocycles. The fourth-order valence-corrected chi connectivity index (χ4v) is 2.45. The van der Waals surface area contributed by atoms with Gasteiger partial charge >= 0.3 is 0 Å². The topological polar surface area (TPSA) is 63.4 Å². The van der Waals surface area contributed by atoms with E-state index in [-0.39, 0.29) is 11.7 Å². The average molecular weight is 272 g/mol. The van der Waals surface area contributed by atoms with E-state index in [0.717, 1.165) is 0 Å². The molecule has 1 unspecified atom stereocenters. The van der Waals surface area contributed by atoms with E-state index >= 15 is 0 Å². The normalized spacial score (nSPS) is 12.2. The van der Waals surface area contributed by atoms with E-state index in [1.54, 1.807) is 13.1 Å². The van der Waals surface area contributed by atoms with Gasteiger partial charge in [-0.15, -0.1) is 0 Å². The summed E-state index contributed by atoms with van der Waals surface area (Å²) in [6.45, 7) is 1.04. The van der Waals surface area contributed by atoms with Gasteiger partial charge in [-0.05, 0) is 31.2 Å². The average Bonchev–Trinajstić information content (AvgIpc) is 2.35. The summed E-state index contributed by atoms with van der Waals surface area (Å²) in [4.78, 5) is 13.5. The van der Waals surface area contributed by atoms with E-state index in [1.807, 2.05) is 0 Å². The smallest absolute Gasteiger partial charge is 0.235 e. The number of halogens is 1. The minimum Gasteiger partial charge on any atom is -0.345 e. The van der Waals surface area contributed by atoms with Crippen LogP contribution in [0.1, 0.15) is 6.42 Å². The summed E-state index contributed by atoms with van der Waals surface area (Å²) in [6, 6.07) is 5.48. The van der Waals surface area contributed by atoms with Crippen LogP contribution in [-0.4, -0.2) is 40.9 Å². The van der Waals surface area contributed by atoms with Crippen molar-refractivity contribution in [3.05, 3.63) is 30.1 Å². The Morgan fingerprint density at radius 2 is 2.22 bits per heavy atom. The zero-order valence-electron chi connectivity index (χ0n) is 10.3. The summed E-state index contributed by atoms with van der Waals surface area (Å²) < 4.78 is 24.8. The summed E-state index contributed by atoms with van der Waals surface area (Å²) in [5, 5.41) is 0. The van der Waals surface area contributed by atoms with Crippen LogP contribution in [-0.2, 0) is 15.6 Å². The van der Waals surface area contributed by atoms with Gasteiger partial charge in [-0.25, -0.2) is 4.39 Å². The molecule has 0 saturated carbocycles. The van der Waals surface area contributed by atoms with E-state index in [9.17, 15) is 13.4 Å². The predicted octanol–water partition coefficient (Wildman–Crippen LogP) is 0.741. The van der Waals surface area contributed by atoms with E-state index in [2.05, 4.69) is 0 Å². The third kappa shape index (κ3) is 4.54. The molecule has 0 aliphatic rings. The minimum atomic E-state index is -1.51. The Morgan fingerprint density at radius 1 is 1.50 bits per heavy atom. The van der Waals surface area contributed by atoms with Gasteiger partial charge < -0.3 is 10.6 Å². The summed E-state index contributed by atoms with van der Waals surface area (Å²) >= 11 is 0. The van der Waals surface area contributed by atoms with Crippen molar-refractivity contribution in [1.82, 2.24) is 4.90 Å². The van der Waals surface area contributed by atoms with E-state index in [4.69, 9.17) is 5.73 Å². The first-order valence-corrected chi connectivity index (χ1v) is 6.94. The molecule has 0 heterocycles. The molecule has 2 N–H and O–H groups in total. The van der Waals surface area contributed by atoms with Crippen molar-refractivity contribution >= 4 is 16.7 Å².